The van der Waals surface area contributed by atoms with Crippen LogP contribution < -0.4 is 10.6 Å². The van der Waals surface area contributed by atoms with Gasteiger partial charge in [0.25, 0.3) is 0 Å². The first-order chi connectivity index (χ1) is 7.69. The first-order valence-corrected chi connectivity index (χ1v) is 6.24. The summed E-state index contributed by atoms with van der Waals surface area (Å²) in [7, 11) is 2.17. The minimum Gasteiger partial charge on any atom is -0.374 e. The Hall–Kier alpha value is -1.02. The summed E-state index contributed by atoms with van der Waals surface area (Å²) < 4.78 is 0. The van der Waals surface area contributed by atoms with E-state index in [4.69, 9.17) is 5.73 Å². The summed E-state index contributed by atoms with van der Waals surface area (Å²) in [6, 6.07) is 9.34. The van der Waals surface area contributed by atoms with E-state index in [1.165, 1.54) is 24.1 Å². The molecule has 0 unspecified atom stereocenters. The third kappa shape index (κ3) is 2.56. The molecule has 0 spiro atoms. The fourth-order valence-corrected chi connectivity index (χ4v) is 2.42. The van der Waals surface area contributed by atoms with Crippen molar-refractivity contribution in [2.24, 2.45) is 11.7 Å². The molecule has 16 heavy (non-hydrogen) atoms. The number of nitrogens with two attached hydrogens (primary N) is 1. The molecule has 1 aromatic rings. The van der Waals surface area contributed by atoms with Crippen LogP contribution in [-0.2, 0) is 6.42 Å². The molecule has 1 aliphatic rings. The van der Waals surface area contributed by atoms with Gasteiger partial charge in [-0.05, 0) is 42.9 Å². The van der Waals surface area contributed by atoms with Gasteiger partial charge in [0.2, 0.25) is 0 Å². The summed E-state index contributed by atoms with van der Waals surface area (Å²) in [4.78, 5) is 2.34. The van der Waals surface area contributed by atoms with Gasteiger partial charge in [0.1, 0.15) is 0 Å². The van der Waals surface area contributed by atoms with Crippen LogP contribution >= 0.6 is 0 Å². The van der Waals surface area contributed by atoms with Crippen LogP contribution in [0.2, 0.25) is 0 Å². The lowest BCUT2D eigenvalue weighted by Crippen LogP contribution is -2.41. The van der Waals surface area contributed by atoms with Crippen molar-refractivity contribution in [2.75, 3.05) is 18.5 Å². The zero-order valence-electron chi connectivity index (χ0n) is 10.3. The van der Waals surface area contributed by atoms with Crippen molar-refractivity contribution in [2.45, 2.75) is 32.2 Å². The van der Waals surface area contributed by atoms with E-state index in [-0.39, 0.29) is 0 Å². The second-order valence-electron chi connectivity index (χ2n) is 5.00. The van der Waals surface area contributed by atoms with E-state index in [1.54, 1.807) is 0 Å². The minimum absolute atomic E-state index is 0.459. The van der Waals surface area contributed by atoms with Crippen LogP contribution in [0, 0.1) is 5.92 Å². The number of nitrogens with zero attached hydrogens (tertiary/aromatic N) is 1. The molecule has 1 fully saturated rings. The summed E-state index contributed by atoms with van der Waals surface area (Å²) in [5.41, 5.74) is 8.53. The molecule has 0 heterocycles. The van der Waals surface area contributed by atoms with Gasteiger partial charge in [-0.1, -0.05) is 19.1 Å². The van der Waals surface area contributed by atoms with E-state index >= 15 is 0 Å². The summed E-state index contributed by atoms with van der Waals surface area (Å²) in [5, 5.41) is 0. The third-order valence-electron chi connectivity index (χ3n) is 3.59. The molecule has 1 aromatic carbocycles. The Morgan fingerprint density at radius 1 is 1.25 bits per heavy atom. The van der Waals surface area contributed by atoms with Crippen LogP contribution in [0.15, 0.2) is 24.3 Å². The lowest BCUT2D eigenvalue weighted by molar-refractivity contribution is 0.271. The molecule has 1 saturated carbocycles. The molecule has 2 N–H and O–H groups in total. The molecule has 2 nitrogen and oxygen atoms in total. The Morgan fingerprint density at radius 3 is 2.38 bits per heavy atom. The van der Waals surface area contributed by atoms with Crippen molar-refractivity contribution in [3.8, 4) is 0 Å². The molecule has 0 amide bonds. The molecule has 0 aliphatic heterocycles. The van der Waals surface area contributed by atoms with Crippen LogP contribution in [-0.4, -0.2) is 19.6 Å². The Bertz CT molecular complexity index is 325. The van der Waals surface area contributed by atoms with E-state index in [9.17, 15) is 0 Å². The van der Waals surface area contributed by atoms with Gasteiger partial charge in [-0.15, -0.1) is 0 Å². The molecule has 0 radical (unpaired) electrons. The number of anilines is 1. The van der Waals surface area contributed by atoms with E-state index in [2.05, 4.69) is 43.1 Å². The summed E-state index contributed by atoms with van der Waals surface area (Å²) in [6.07, 6.45) is 3.50. The van der Waals surface area contributed by atoms with Crippen LogP contribution in [0.5, 0.6) is 0 Å². The maximum absolute atomic E-state index is 5.80. The topological polar surface area (TPSA) is 29.3 Å². The SMILES string of the molecule is CCc1ccc(N(C)CC2CC(N)C2)cc1. The van der Waals surface area contributed by atoms with Gasteiger partial charge in [-0.3, -0.25) is 0 Å². The van der Waals surface area contributed by atoms with Gasteiger partial charge in [0.15, 0.2) is 0 Å². The minimum atomic E-state index is 0.459. The number of hydrogen-bond acceptors (Lipinski definition) is 2. The molecular formula is C14H22N2. The molecule has 2 rings (SSSR count). The Labute approximate surface area is 98.4 Å². The third-order valence-corrected chi connectivity index (χ3v) is 3.59. The highest BCUT2D eigenvalue weighted by Gasteiger charge is 2.26. The van der Waals surface area contributed by atoms with Crippen molar-refractivity contribution < 1.29 is 0 Å². The maximum Gasteiger partial charge on any atom is 0.0363 e. The van der Waals surface area contributed by atoms with Gasteiger partial charge in [-0.2, -0.15) is 0 Å². The number of aryl methyl sites for hydroxylation is 1. The first-order valence-electron chi connectivity index (χ1n) is 6.24. The Kier molecular flexibility index (Phi) is 3.49. The monoisotopic (exact) mass is 218 g/mol. The van der Waals surface area contributed by atoms with Gasteiger partial charge in [0.05, 0.1) is 0 Å². The number of rotatable bonds is 4. The van der Waals surface area contributed by atoms with Gasteiger partial charge in [-0.25, -0.2) is 0 Å². The molecule has 0 saturated heterocycles. The lowest BCUT2D eigenvalue weighted by Gasteiger charge is -2.36. The molecule has 0 atom stereocenters. The van der Waals surface area contributed by atoms with Crippen LogP contribution in [0.4, 0.5) is 5.69 Å². The fraction of sp³-hybridized carbons (Fsp3) is 0.571. The standard InChI is InChI=1S/C14H22N2/c1-3-11-4-6-14(7-5-11)16(2)10-12-8-13(15)9-12/h4-7,12-13H,3,8-10,15H2,1-2H3. The maximum atomic E-state index is 5.80. The predicted molar refractivity (Wildman–Crippen MR) is 69.8 cm³/mol. The zero-order valence-corrected chi connectivity index (χ0v) is 10.3. The Balaban J connectivity index is 1.90. The highest BCUT2D eigenvalue weighted by molar-refractivity contribution is 5.47. The van der Waals surface area contributed by atoms with E-state index in [0.717, 1.165) is 18.9 Å². The van der Waals surface area contributed by atoms with Crippen molar-refractivity contribution in [3.05, 3.63) is 29.8 Å². The summed E-state index contributed by atoms with van der Waals surface area (Å²) in [6.45, 7) is 3.33. The largest absolute Gasteiger partial charge is 0.374 e. The zero-order chi connectivity index (χ0) is 11.5. The molecule has 1 aliphatic carbocycles. The number of benzene rings is 1. The van der Waals surface area contributed by atoms with E-state index < -0.39 is 0 Å². The molecule has 2 heteroatoms. The van der Waals surface area contributed by atoms with Crippen molar-refractivity contribution >= 4 is 5.69 Å². The van der Waals surface area contributed by atoms with Crippen LogP contribution in [0.25, 0.3) is 0 Å². The highest BCUT2D eigenvalue weighted by Crippen LogP contribution is 2.27. The smallest absolute Gasteiger partial charge is 0.0363 e. The molecular weight excluding hydrogens is 196 g/mol. The van der Waals surface area contributed by atoms with Crippen LogP contribution in [0.1, 0.15) is 25.3 Å². The van der Waals surface area contributed by atoms with E-state index in [1.807, 2.05) is 0 Å². The number of hydrogen-bond donors (Lipinski definition) is 1. The second kappa shape index (κ2) is 4.88. The normalized spacial score (nSPS) is 23.9. The molecule has 88 valence electrons. The van der Waals surface area contributed by atoms with E-state index in [0.29, 0.717) is 6.04 Å². The lowest BCUT2D eigenvalue weighted by atomic mass is 9.80. The van der Waals surface area contributed by atoms with Crippen molar-refractivity contribution in [3.63, 3.8) is 0 Å². The van der Waals surface area contributed by atoms with Crippen LogP contribution in [0.3, 0.4) is 0 Å². The van der Waals surface area contributed by atoms with Gasteiger partial charge >= 0.3 is 0 Å². The first kappa shape index (κ1) is 11.5. The predicted octanol–water partition coefficient (Wildman–Crippen LogP) is 2.42. The average molecular weight is 218 g/mol. The van der Waals surface area contributed by atoms with Crippen molar-refractivity contribution in [1.29, 1.82) is 0 Å². The van der Waals surface area contributed by atoms with Gasteiger partial charge < -0.3 is 10.6 Å². The quantitative estimate of drug-likeness (QED) is 0.841. The second-order valence-corrected chi connectivity index (χ2v) is 5.00. The molecule has 0 aromatic heterocycles. The Morgan fingerprint density at radius 2 is 1.88 bits per heavy atom. The average Bonchev–Trinajstić information content (AvgIpc) is 2.27. The summed E-state index contributed by atoms with van der Waals surface area (Å²) >= 11 is 0. The van der Waals surface area contributed by atoms with Gasteiger partial charge in [0, 0.05) is 25.3 Å². The summed E-state index contributed by atoms with van der Waals surface area (Å²) in [5.74, 6) is 0.797. The van der Waals surface area contributed by atoms with Crippen molar-refractivity contribution in [1.82, 2.24) is 0 Å². The molecule has 0 bridgehead atoms. The highest BCUT2D eigenvalue weighted by atomic mass is 15.1. The fourth-order valence-electron chi connectivity index (χ4n) is 2.42.